The summed E-state index contributed by atoms with van der Waals surface area (Å²) in [5.74, 6) is 6.12. The Hall–Kier alpha value is -1.55. The van der Waals surface area contributed by atoms with E-state index in [1.807, 2.05) is 11.0 Å². The molecule has 3 heterocycles. The maximum atomic E-state index is 11.6. The summed E-state index contributed by atoms with van der Waals surface area (Å²) < 4.78 is 0. The number of nitrogens with one attached hydrogen (secondary N) is 1. The summed E-state index contributed by atoms with van der Waals surface area (Å²) in [6.07, 6.45) is 0.518. The zero-order chi connectivity index (χ0) is 14.7. The van der Waals surface area contributed by atoms with E-state index in [4.69, 9.17) is 5.11 Å². The molecule has 5 nitrogen and oxygen atoms in total. The Morgan fingerprint density at radius 2 is 2.38 bits per heavy atom. The minimum Gasteiger partial charge on any atom is -0.395 e. The van der Waals surface area contributed by atoms with Crippen LogP contribution in [0.1, 0.15) is 16.9 Å². The van der Waals surface area contributed by atoms with Crippen LogP contribution in [0.25, 0.3) is 0 Å². The van der Waals surface area contributed by atoms with E-state index in [1.54, 1.807) is 11.3 Å². The first-order valence-corrected chi connectivity index (χ1v) is 8.09. The molecule has 0 aliphatic carbocycles. The van der Waals surface area contributed by atoms with E-state index in [1.165, 1.54) is 4.88 Å². The molecule has 1 unspecified atom stereocenters. The Morgan fingerprint density at radius 1 is 1.48 bits per heavy atom. The van der Waals surface area contributed by atoms with Crippen molar-refractivity contribution in [3.63, 3.8) is 0 Å². The van der Waals surface area contributed by atoms with Crippen LogP contribution in [-0.2, 0) is 6.54 Å². The third-order valence-electron chi connectivity index (χ3n) is 3.89. The van der Waals surface area contributed by atoms with Crippen molar-refractivity contribution in [3.05, 3.63) is 21.9 Å². The van der Waals surface area contributed by atoms with Crippen LogP contribution in [-0.4, -0.2) is 59.8 Å². The summed E-state index contributed by atoms with van der Waals surface area (Å²) in [6.45, 7) is 4.37. The highest BCUT2D eigenvalue weighted by molar-refractivity contribution is 7.10. The van der Waals surface area contributed by atoms with E-state index >= 15 is 0 Å². The molecular weight excluding hydrogens is 286 g/mol. The van der Waals surface area contributed by atoms with Gasteiger partial charge in [0.2, 0.25) is 0 Å². The van der Waals surface area contributed by atoms with Gasteiger partial charge in [0.1, 0.15) is 0 Å². The SMILES string of the molecule is O=C1NCC2CN(Cc3sccc3C#CCCO)CCN12. The molecule has 2 saturated heterocycles. The number of thiophene rings is 1. The van der Waals surface area contributed by atoms with Crippen molar-refractivity contribution in [2.45, 2.75) is 19.0 Å². The number of aliphatic hydroxyl groups excluding tert-OH is 1. The fourth-order valence-electron chi connectivity index (χ4n) is 2.80. The lowest BCUT2D eigenvalue weighted by atomic mass is 10.1. The fraction of sp³-hybridized carbons (Fsp3) is 0.533. The molecule has 1 aromatic heterocycles. The fourth-order valence-corrected chi connectivity index (χ4v) is 3.67. The lowest BCUT2D eigenvalue weighted by molar-refractivity contribution is 0.117. The number of rotatable bonds is 3. The highest BCUT2D eigenvalue weighted by Gasteiger charge is 2.35. The Bertz CT molecular complexity index is 575. The van der Waals surface area contributed by atoms with Crippen molar-refractivity contribution in [2.75, 3.05) is 32.8 Å². The third-order valence-corrected chi connectivity index (χ3v) is 4.79. The molecule has 0 saturated carbocycles. The quantitative estimate of drug-likeness (QED) is 0.808. The van der Waals surface area contributed by atoms with E-state index in [0.717, 1.165) is 38.3 Å². The first kappa shape index (κ1) is 14.4. The van der Waals surface area contributed by atoms with Crippen molar-refractivity contribution in [2.24, 2.45) is 0 Å². The van der Waals surface area contributed by atoms with Crippen molar-refractivity contribution in [3.8, 4) is 11.8 Å². The van der Waals surface area contributed by atoms with Gasteiger partial charge in [0.15, 0.2) is 0 Å². The molecule has 1 aromatic rings. The highest BCUT2D eigenvalue weighted by Crippen LogP contribution is 2.21. The molecule has 6 heteroatoms. The van der Waals surface area contributed by atoms with Crippen molar-refractivity contribution < 1.29 is 9.90 Å². The van der Waals surface area contributed by atoms with E-state index in [2.05, 4.69) is 27.4 Å². The Labute approximate surface area is 128 Å². The van der Waals surface area contributed by atoms with Gasteiger partial charge in [-0.15, -0.1) is 11.3 Å². The number of urea groups is 1. The monoisotopic (exact) mass is 305 g/mol. The van der Waals surface area contributed by atoms with Gasteiger partial charge in [0.05, 0.1) is 12.6 Å². The molecular formula is C15H19N3O2S. The van der Waals surface area contributed by atoms with Crippen LogP contribution in [0.3, 0.4) is 0 Å². The van der Waals surface area contributed by atoms with Gasteiger partial charge in [-0.05, 0) is 11.4 Å². The molecule has 2 aliphatic rings. The van der Waals surface area contributed by atoms with Crippen LogP contribution < -0.4 is 5.32 Å². The molecule has 21 heavy (non-hydrogen) atoms. The van der Waals surface area contributed by atoms with Crippen LogP contribution in [0, 0.1) is 11.8 Å². The van der Waals surface area contributed by atoms with E-state index in [-0.39, 0.29) is 12.6 Å². The van der Waals surface area contributed by atoms with Gasteiger partial charge in [-0.2, -0.15) is 0 Å². The first-order valence-electron chi connectivity index (χ1n) is 7.21. The minimum atomic E-state index is 0.0753. The standard InChI is InChI=1S/C15H19N3O2S/c19-7-2-1-3-12-4-8-21-14(12)11-17-5-6-18-13(10-17)9-16-15(18)20/h4,8,13,19H,2,5-7,9-11H2,(H,16,20). The molecule has 0 radical (unpaired) electrons. The summed E-state index contributed by atoms with van der Waals surface area (Å²) in [7, 11) is 0. The summed E-state index contributed by atoms with van der Waals surface area (Å²) in [6, 6.07) is 2.42. The highest BCUT2D eigenvalue weighted by atomic mass is 32.1. The second-order valence-corrected chi connectivity index (χ2v) is 6.30. The summed E-state index contributed by atoms with van der Waals surface area (Å²) in [5.41, 5.74) is 1.07. The zero-order valence-electron chi connectivity index (χ0n) is 11.8. The Kier molecular flexibility index (Phi) is 4.44. The van der Waals surface area contributed by atoms with Crippen LogP contribution in [0.2, 0.25) is 0 Å². The van der Waals surface area contributed by atoms with Gasteiger partial charge < -0.3 is 15.3 Å². The number of carbonyl (C=O) groups excluding carboxylic acids is 1. The smallest absolute Gasteiger partial charge is 0.317 e. The number of piperazine rings is 1. The topological polar surface area (TPSA) is 55.8 Å². The van der Waals surface area contributed by atoms with Gasteiger partial charge >= 0.3 is 6.03 Å². The molecule has 2 aliphatic heterocycles. The lowest BCUT2D eigenvalue weighted by Gasteiger charge is -2.36. The van der Waals surface area contributed by atoms with Gasteiger partial charge in [-0.1, -0.05) is 11.8 Å². The number of hydrogen-bond acceptors (Lipinski definition) is 4. The second kappa shape index (κ2) is 6.48. The predicted molar refractivity (Wildman–Crippen MR) is 82.1 cm³/mol. The summed E-state index contributed by atoms with van der Waals surface area (Å²) >= 11 is 1.72. The molecule has 0 bridgehead atoms. The molecule has 0 spiro atoms. The second-order valence-electron chi connectivity index (χ2n) is 5.30. The average Bonchev–Trinajstić information content (AvgIpc) is 3.07. The number of aliphatic hydroxyl groups is 1. The molecule has 2 N–H and O–H groups in total. The molecule has 2 amide bonds. The molecule has 112 valence electrons. The van der Waals surface area contributed by atoms with Gasteiger partial charge in [0.25, 0.3) is 0 Å². The van der Waals surface area contributed by atoms with E-state index in [0.29, 0.717) is 12.5 Å². The summed E-state index contributed by atoms with van der Waals surface area (Å²) in [5, 5.41) is 13.8. The van der Waals surface area contributed by atoms with E-state index in [9.17, 15) is 4.79 Å². The third kappa shape index (κ3) is 3.21. The average molecular weight is 305 g/mol. The van der Waals surface area contributed by atoms with Crippen LogP contribution in [0.5, 0.6) is 0 Å². The number of nitrogens with zero attached hydrogens (tertiary/aromatic N) is 2. The maximum Gasteiger partial charge on any atom is 0.317 e. The number of hydrogen-bond donors (Lipinski definition) is 2. The number of fused-ring (bicyclic) bond motifs is 1. The van der Waals surface area contributed by atoms with Crippen LogP contribution >= 0.6 is 11.3 Å². The molecule has 3 rings (SSSR count). The first-order chi connectivity index (χ1) is 10.3. The Balaban J connectivity index is 1.62. The van der Waals surface area contributed by atoms with Crippen molar-refractivity contribution in [1.29, 1.82) is 0 Å². The summed E-state index contributed by atoms with van der Waals surface area (Å²) in [4.78, 5) is 17.2. The number of amides is 2. The largest absolute Gasteiger partial charge is 0.395 e. The normalized spacial score (nSPS) is 21.7. The number of carbonyl (C=O) groups is 1. The van der Waals surface area contributed by atoms with Crippen molar-refractivity contribution in [1.82, 2.24) is 15.1 Å². The molecule has 2 fully saturated rings. The van der Waals surface area contributed by atoms with Gasteiger partial charge in [0, 0.05) is 49.6 Å². The molecule has 0 aromatic carbocycles. The predicted octanol–water partition coefficient (Wildman–Crippen LogP) is 0.691. The van der Waals surface area contributed by atoms with Gasteiger partial charge in [-0.25, -0.2) is 4.79 Å². The van der Waals surface area contributed by atoms with Crippen LogP contribution in [0.15, 0.2) is 11.4 Å². The minimum absolute atomic E-state index is 0.0753. The zero-order valence-corrected chi connectivity index (χ0v) is 12.7. The van der Waals surface area contributed by atoms with Crippen LogP contribution in [0.4, 0.5) is 4.79 Å². The molecule has 1 atom stereocenters. The van der Waals surface area contributed by atoms with E-state index < -0.39 is 0 Å². The van der Waals surface area contributed by atoms with Gasteiger partial charge in [-0.3, -0.25) is 4.90 Å². The Morgan fingerprint density at radius 3 is 3.24 bits per heavy atom. The lowest BCUT2D eigenvalue weighted by Crippen LogP contribution is -2.51. The maximum absolute atomic E-state index is 11.6. The van der Waals surface area contributed by atoms with Crippen molar-refractivity contribution >= 4 is 17.4 Å².